The number of aliphatic hydroxyl groups excluding tert-OH is 2. The van der Waals surface area contributed by atoms with E-state index in [0.29, 0.717) is 23.4 Å². The number of fused-ring (bicyclic) bond motifs is 2. The van der Waals surface area contributed by atoms with E-state index in [9.17, 15) is 19.8 Å². The molecule has 4 aromatic heterocycles. The molecule has 10 nitrogen and oxygen atoms in total. The number of hydrogen-bond acceptors (Lipinski definition) is 7. The first-order valence-electron chi connectivity index (χ1n) is 11.1. The third-order valence-corrected chi connectivity index (χ3v) is 6.95. The van der Waals surface area contributed by atoms with Crippen molar-refractivity contribution < 1.29 is 15.3 Å². The summed E-state index contributed by atoms with van der Waals surface area (Å²) in [5.74, 6) is 0.168. The van der Waals surface area contributed by atoms with Crippen LogP contribution in [0.4, 0.5) is 0 Å². The molecule has 0 bridgehead atoms. The number of thiophene rings is 1. The molecule has 0 radical (unpaired) electrons. The standard InChI is InChI=1S/C23H29N5O5S/c1-13(2)11-28-22-19(21(32)26(3)23(28)33)18(20(31)25-10-15(30)12-29)16(34-22)8-14-9-24-17-6-4-5-7-27(14)17/h4-7,9,13,15,20,25,29-31H,8,10-12H2,1-3H3/p+1/t15-,20?/m0/s1. The van der Waals surface area contributed by atoms with Gasteiger partial charge in [0.15, 0.2) is 6.61 Å². The van der Waals surface area contributed by atoms with Gasteiger partial charge in [-0.05, 0) is 18.1 Å². The molecule has 34 heavy (non-hydrogen) atoms. The Morgan fingerprint density at radius 1 is 1.24 bits per heavy atom. The van der Waals surface area contributed by atoms with Crippen LogP contribution in [-0.2, 0) is 20.0 Å². The van der Waals surface area contributed by atoms with E-state index in [-0.39, 0.29) is 24.5 Å². The van der Waals surface area contributed by atoms with Crippen molar-refractivity contribution in [2.75, 3.05) is 13.2 Å². The maximum absolute atomic E-state index is 13.3. The summed E-state index contributed by atoms with van der Waals surface area (Å²) in [6, 6.07) is 5.69. The van der Waals surface area contributed by atoms with E-state index in [1.807, 2.05) is 42.6 Å². The Kier molecular flexibility index (Phi) is 7.01. The quantitative estimate of drug-likeness (QED) is 0.229. The van der Waals surface area contributed by atoms with Gasteiger partial charge in [-0.1, -0.05) is 19.9 Å². The molecule has 0 spiro atoms. The minimum Gasteiger partial charge on any atom is -0.443 e. The number of hydrogen-bond donors (Lipinski definition) is 3. The zero-order valence-electron chi connectivity index (χ0n) is 19.4. The van der Waals surface area contributed by atoms with E-state index >= 15 is 0 Å². The Labute approximate surface area is 199 Å². The van der Waals surface area contributed by atoms with Gasteiger partial charge in [0.05, 0.1) is 5.39 Å². The van der Waals surface area contributed by atoms with Crippen molar-refractivity contribution in [3.63, 3.8) is 0 Å². The van der Waals surface area contributed by atoms with Gasteiger partial charge in [0, 0.05) is 55.1 Å². The Hall–Kier alpha value is -2.83. The van der Waals surface area contributed by atoms with Crippen LogP contribution in [0.2, 0.25) is 0 Å². The SMILES string of the molecule is CC(C)Cn1c(=O)n(C)c(=O)c2c(C(O)NC[C@H](O)C[OH2+])c(Cc3cnc4ccccn34)sc21. The first kappa shape index (κ1) is 24.3. The molecule has 0 fully saturated rings. The first-order chi connectivity index (χ1) is 16.2. The average molecular weight is 489 g/mol. The lowest BCUT2D eigenvalue weighted by Gasteiger charge is -2.16. The zero-order chi connectivity index (χ0) is 24.6. The molecular formula is C23H30N5O5S+. The van der Waals surface area contributed by atoms with Crippen LogP contribution in [0.3, 0.4) is 0 Å². The third kappa shape index (κ3) is 4.44. The number of aliphatic hydroxyl groups is 2. The molecule has 1 unspecified atom stereocenters. The lowest BCUT2D eigenvalue weighted by molar-refractivity contribution is 0.0672. The van der Waals surface area contributed by atoms with Gasteiger partial charge < -0.3 is 19.7 Å². The molecule has 2 atom stereocenters. The largest absolute Gasteiger partial charge is 0.443 e. The fourth-order valence-electron chi connectivity index (χ4n) is 4.05. The number of imidazole rings is 1. The van der Waals surface area contributed by atoms with Crippen molar-refractivity contribution in [3.8, 4) is 0 Å². The molecule has 0 aliphatic heterocycles. The monoisotopic (exact) mass is 488 g/mol. The van der Waals surface area contributed by atoms with Gasteiger partial charge in [0.25, 0.3) is 5.56 Å². The lowest BCUT2D eigenvalue weighted by atomic mass is 10.1. The van der Waals surface area contributed by atoms with Gasteiger partial charge in [-0.3, -0.25) is 19.2 Å². The van der Waals surface area contributed by atoms with Crippen LogP contribution in [0.1, 0.15) is 36.2 Å². The molecule has 0 aliphatic carbocycles. The van der Waals surface area contributed by atoms with Crippen molar-refractivity contribution in [1.82, 2.24) is 23.8 Å². The predicted molar refractivity (Wildman–Crippen MR) is 132 cm³/mol. The minimum atomic E-state index is -1.26. The fourth-order valence-corrected chi connectivity index (χ4v) is 5.38. The topological polar surface area (TPSA) is 137 Å². The van der Waals surface area contributed by atoms with Gasteiger partial charge in [-0.15, -0.1) is 11.3 Å². The van der Waals surface area contributed by atoms with Gasteiger partial charge in [-0.25, -0.2) is 9.78 Å². The molecule has 0 aromatic carbocycles. The minimum absolute atomic E-state index is 0.0109. The van der Waals surface area contributed by atoms with E-state index in [2.05, 4.69) is 10.3 Å². The summed E-state index contributed by atoms with van der Waals surface area (Å²) < 4.78 is 4.61. The Morgan fingerprint density at radius 3 is 2.71 bits per heavy atom. The number of nitrogens with zero attached hydrogens (tertiary/aromatic N) is 4. The molecule has 5 N–H and O–H groups in total. The van der Waals surface area contributed by atoms with Crippen molar-refractivity contribution >= 4 is 27.2 Å². The van der Waals surface area contributed by atoms with E-state index in [1.54, 1.807) is 10.8 Å². The van der Waals surface area contributed by atoms with E-state index in [1.165, 1.54) is 18.4 Å². The zero-order valence-corrected chi connectivity index (χ0v) is 20.2. The maximum Gasteiger partial charge on any atom is 0.331 e. The van der Waals surface area contributed by atoms with Gasteiger partial charge in [0.2, 0.25) is 0 Å². The van der Waals surface area contributed by atoms with Crippen molar-refractivity contribution in [3.05, 3.63) is 67.6 Å². The number of rotatable bonds is 9. The van der Waals surface area contributed by atoms with Crippen LogP contribution >= 0.6 is 11.3 Å². The van der Waals surface area contributed by atoms with Crippen LogP contribution in [0.25, 0.3) is 15.9 Å². The number of aromatic nitrogens is 4. The summed E-state index contributed by atoms with van der Waals surface area (Å²) in [5.41, 5.74) is 1.17. The summed E-state index contributed by atoms with van der Waals surface area (Å²) in [7, 11) is 1.44. The Morgan fingerprint density at radius 2 is 2.00 bits per heavy atom. The lowest BCUT2D eigenvalue weighted by Crippen LogP contribution is -2.39. The summed E-state index contributed by atoms with van der Waals surface area (Å²) in [6.07, 6.45) is 1.83. The molecule has 0 saturated carbocycles. The Balaban J connectivity index is 1.93. The molecular weight excluding hydrogens is 458 g/mol. The van der Waals surface area contributed by atoms with Crippen LogP contribution in [0, 0.1) is 5.92 Å². The molecule has 4 heterocycles. The fraction of sp³-hybridized carbons (Fsp3) is 0.435. The molecule has 4 rings (SSSR count). The highest BCUT2D eigenvalue weighted by Gasteiger charge is 2.26. The highest BCUT2D eigenvalue weighted by Crippen LogP contribution is 2.34. The van der Waals surface area contributed by atoms with Crippen molar-refractivity contribution in [1.29, 1.82) is 0 Å². The smallest absolute Gasteiger partial charge is 0.331 e. The number of pyridine rings is 1. The summed E-state index contributed by atoms with van der Waals surface area (Å²) in [4.78, 5) is 31.9. The summed E-state index contributed by atoms with van der Waals surface area (Å²) >= 11 is 1.31. The molecule has 4 aromatic rings. The van der Waals surface area contributed by atoms with Crippen molar-refractivity contribution in [2.24, 2.45) is 13.0 Å². The maximum atomic E-state index is 13.3. The molecule has 0 amide bonds. The molecule has 0 aliphatic rings. The first-order valence-corrected chi connectivity index (χ1v) is 11.9. The van der Waals surface area contributed by atoms with Crippen molar-refractivity contribution in [2.45, 2.75) is 39.1 Å². The van der Waals surface area contributed by atoms with Gasteiger partial charge in [0.1, 0.15) is 22.8 Å². The predicted octanol–water partition coefficient (Wildman–Crippen LogP) is 0.322. The highest BCUT2D eigenvalue weighted by molar-refractivity contribution is 7.18. The number of nitrogens with one attached hydrogen (secondary N) is 1. The second-order valence-corrected chi connectivity index (χ2v) is 9.88. The molecule has 0 saturated heterocycles. The Bertz CT molecular complexity index is 1430. The average Bonchev–Trinajstić information content (AvgIpc) is 3.40. The second kappa shape index (κ2) is 9.80. The summed E-state index contributed by atoms with van der Waals surface area (Å²) in [5, 5.41) is 31.4. The molecule has 182 valence electrons. The van der Waals surface area contributed by atoms with Gasteiger partial charge in [-0.2, -0.15) is 0 Å². The second-order valence-electron chi connectivity index (χ2n) is 8.79. The van der Waals surface area contributed by atoms with E-state index in [0.717, 1.165) is 20.8 Å². The van der Waals surface area contributed by atoms with Gasteiger partial charge >= 0.3 is 5.69 Å². The van der Waals surface area contributed by atoms with Crippen LogP contribution in [0.15, 0.2) is 40.2 Å². The van der Waals surface area contributed by atoms with Crippen LogP contribution in [-0.4, -0.2) is 53.1 Å². The van der Waals surface area contributed by atoms with Crippen LogP contribution in [0.5, 0.6) is 0 Å². The highest BCUT2D eigenvalue weighted by atomic mass is 32.1. The van der Waals surface area contributed by atoms with E-state index < -0.39 is 23.6 Å². The van der Waals surface area contributed by atoms with Crippen LogP contribution < -0.4 is 16.6 Å². The normalized spacial score (nSPS) is 13.9. The summed E-state index contributed by atoms with van der Waals surface area (Å²) in [6.45, 7) is 4.20. The molecule has 11 heteroatoms. The third-order valence-electron chi connectivity index (χ3n) is 5.72. The van der Waals surface area contributed by atoms with E-state index in [4.69, 9.17) is 5.11 Å².